The number of hydrogen-bond donors (Lipinski definition) is 1. The van der Waals surface area contributed by atoms with Crippen LogP contribution >= 0.6 is 23.2 Å². The first kappa shape index (κ1) is 10.6. The topological polar surface area (TPSA) is 46.5 Å². The van der Waals surface area contributed by atoms with Crippen LogP contribution in [0.3, 0.4) is 0 Å². The van der Waals surface area contributed by atoms with E-state index < -0.39 is 11.6 Å². The van der Waals surface area contributed by atoms with E-state index in [1.807, 2.05) is 0 Å². The van der Waals surface area contributed by atoms with Gasteiger partial charge in [0, 0.05) is 22.9 Å². The number of aliphatic carboxylic acids is 1. The normalized spacial score (nSPS) is 17.2. The molecule has 1 aromatic carbocycles. The van der Waals surface area contributed by atoms with Crippen molar-refractivity contribution in [3.05, 3.63) is 28.2 Å². The van der Waals surface area contributed by atoms with Crippen LogP contribution in [0.4, 0.5) is 0 Å². The van der Waals surface area contributed by atoms with Gasteiger partial charge in [-0.2, -0.15) is 0 Å². The molecule has 0 radical (unpaired) electrons. The molecule has 3 nitrogen and oxygen atoms in total. The summed E-state index contributed by atoms with van der Waals surface area (Å²) in [5, 5.41) is 9.77. The molecular formula is C10H8Cl2O3. The molecule has 0 spiro atoms. The van der Waals surface area contributed by atoms with E-state index in [1.54, 1.807) is 18.2 Å². The van der Waals surface area contributed by atoms with E-state index in [2.05, 4.69) is 0 Å². The predicted molar refractivity (Wildman–Crippen MR) is 56.7 cm³/mol. The zero-order valence-corrected chi connectivity index (χ0v) is 9.18. The standard InChI is InChI=1S/C10H8Cl2O3/c11-6-3-7(12)5-8(4-6)15-10(1-2-10)9(13)14/h3-5H,1-2H2,(H,13,14). The minimum Gasteiger partial charge on any atom is -0.478 e. The van der Waals surface area contributed by atoms with Crippen LogP contribution in [0.5, 0.6) is 5.75 Å². The van der Waals surface area contributed by atoms with Gasteiger partial charge in [-0.15, -0.1) is 0 Å². The maximum atomic E-state index is 10.9. The highest BCUT2D eigenvalue weighted by atomic mass is 35.5. The summed E-state index contributed by atoms with van der Waals surface area (Å²) in [6.07, 6.45) is 1.04. The molecule has 1 aliphatic carbocycles. The second kappa shape index (κ2) is 3.58. The monoisotopic (exact) mass is 246 g/mol. The van der Waals surface area contributed by atoms with E-state index in [0.717, 1.165) is 0 Å². The number of carbonyl (C=O) groups is 1. The molecule has 1 N–H and O–H groups in total. The van der Waals surface area contributed by atoms with E-state index >= 15 is 0 Å². The molecule has 0 aromatic heterocycles. The first-order chi connectivity index (χ1) is 7.02. The molecule has 0 unspecified atom stereocenters. The average molecular weight is 247 g/mol. The summed E-state index contributed by atoms with van der Waals surface area (Å²) in [6.45, 7) is 0. The predicted octanol–water partition coefficient (Wildman–Crippen LogP) is 2.99. The molecule has 1 aliphatic rings. The van der Waals surface area contributed by atoms with Gasteiger partial charge in [0.25, 0.3) is 0 Å². The fourth-order valence-electron chi connectivity index (χ4n) is 1.29. The van der Waals surface area contributed by atoms with Gasteiger partial charge in [-0.25, -0.2) is 4.79 Å². The lowest BCUT2D eigenvalue weighted by Gasteiger charge is -2.13. The highest BCUT2D eigenvalue weighted by Crippen LogP contribution is 2.41. The van der Waals surface area contributed by atoms with Gasteiger partial charge in [0.15, 0.2) is 0 Å². The Morgan fingerprint density at radius 1 is 1.27 bits per heavy atom. The quantitative estimate of drug-likeness (QED) is 0.892. The van der Waals surface area contributed by atoms with Crippen molar-refractivity contribution in [2.75, 3.05) is 0 Å². The number of ether oxygens (including phenoxy) is 1. The van der Waals surface area contributed by atoms with Crippen molar-refractivity contribution in [3.63, 3.8) is 0 Å². The smallest absolute Gasteiger partial charge is 0.348 e. The second-order valence-corrected chi connectivity index (χ2v) is 4.38. The molecule has 1 aromatic rings. The molecule has 0 bridgehead atoms. The Balaban J connectivity index is 2.21. The molecule has 5 heteroatoms. The number of rotatable bonds is 3. The van der Waals surface area contributed by atoms with Crippen LogP contribution in [0.25, 0.3) is 0 Å². The van der Waals surface area contributed by atoms with Crippen molar-refractivity contribution in [3.8, 4) is 5.75 Å². The van der Waals surface area contributed by atoms with Gasteiger partial charge >= 0.3 is 5.97 Å². The summed E-state index contributed by atoms with van der Waals surface area (Å²) < 4.78 is 5.37. The van der Waals surface area contributed by atoms with Gasteiger partial charge in [-0.05, 0) is 18.2 Å². The Hall–Kier alpha value is -0.930. The maximum Gasteiger partial charge on any atom is 0.348 e. The van der Waals surface area contributed by atoms with Crippen LogP contribution in [0, 0.1) is 0 Å². The number of hydrogen-bond acceptors (Lipinski definition) is 2. The third kappa shape index (κ3) is 2.19. The SMILES string of the molecule is O=C(O)C1(Oc2cc(Cl)cc(Cl)c2)CC1. The van der Waals surface area contributed by atoms with Crippen molar-refractivity contribution >= 4 is 29.2 Å². The third-order valence-electron chi connectivity index (χ3n) is 2.24. The largest absolute Gasteiger partial charge is 0.478 e. The Bertz CT molecular complexity index is 393. The number of carboxylic acids is 1. The van der Waals surface area contributed by atoms with E-state index in [4.69, 9.17) is 33.0 Å². The zero-order chi connectivity index (χ0) is 11.1. The first-order valence-electron chi connectivity index (χ1n) is 4.40. The minimum absolute atomic E-state index is 0.396. The highest BCUT2D eigenvalue weighted by Gasteiger charge is 2.53. The van der Waals surface area contributed by atoms with Crippen molar-refractivity contribution in [1.29, 1.82) is 0 Å². The molecule has 0 heterocycles. The van der Waals surface area contributed by atoms with Crippen molar-refractivity contribution < 1.29 is 14.6 Å². The van der Waals surface area contributed by atoms with Crippen LogP contribution in [0.1, 0.15) is 12.8 Å². The lowest BCUT2D eigenvalue weighted by atomic mass is 10.3. The van der Waals surface area contributed by atoms with Crippen LogP contribution in [0.2, 0.25) is 10.0 Å². The molecule has 2 rings (SSSR count). The van der Waals surface area contributed by atoms with Gasteiger partial charge in [-0.1, -0.05) is 23.2 Å². The lowest BCUT2D eigenvalue weighted by Crippen LogP contribution is -2.28. The molecule has 15 heavy (non-hydrogen) atoms. The van der Waals surface area contributed by atoms with Crippen LogP contribution in [-0.2, 0) is 4.79 Å². The molecule has 1 saturated carbocycles. The van der Waals surface area contributed by atoms with Crippen LogP contribution < -0.4 is 4.74 Å². The Labute approximate surface area is 96.6 Å². The van der Waals surface area contributed by atoms with Gasteiger partial charge in [-0.3, -0.25) is 0 Å². The molecule has 0 amide bonds. The zero-order valence-electron chi connectivity index (χ0n) is 7.67. The summed E-state index contributed by atoms with van der Waals surface area (Å²) in [7, 11) is 0. The summed E-state index contributed by atoms with van der Waals surface area (Å²) in [4.78, 5) is 10.9. The Morgan fingerprint density at radius 2 is 1.80 bits per heavy atom. The fraction of sp³-hybridized carbons (Fsp3) is 0.300. The van der Waals surface area contributed by atoms with Crippen molar-refractivity contribution in [2.45, 2.75) is 18.4 Å². The Kier molecular flexibility index (Phi) is 2.52. The van der Waals surface area contributed by atoms with E-state index in [9.17, 15) is 4.79 Å². The number of benzene rings is 1. The summed E-state index contributed by atoms with van der Waals surface area (Å²) in [5.74, 6) is -0.550. The Morgan fingerprint density at radius 3 is 2.20 bits per heavy atom. The van der Waals surface area contributed by atoms with Crippen molar-refractivity contribution in [1.82, 2.24) is 0 Å². The first-order valence-corrected chi connectivity index (χ1v) is 5.16. The van der Waals surface area contributed by atoms with E-state index in [0.29, 0.717) is 28.6 Å². The van der Waals surface area contributed by atoms with Gasteiger partial charge in [0.1, 0.15) is 5.75 Å². The molecule has 0 atom stereocenters. The lowest BCUT2D eigenvalue weighted by molar-refractivity contribution is -0.147. The third-order valence-corrected chi connectivity index (χ3v) is 2.68. The van der Waals surface area contributed by atoms with Gasteiger partial charge in [0.05, 0.1) is 0 Å². The molecular weight excluding hydrogens is 239 g/mol. The van der Waals surface area contributed by atoms with Crippen LogP contribution in [0.15, 0.2) is 18.2 Å². The number of carboxylic acid groups (broad SMARTS) is 1. The average Bonchev–Trinajstić information content (AvgIpc) is 2.83. The van der Waals surface area contributed by atoms with Crippen LogP contribution in [-0.4, -0.2) is 16.7 Å². The highest BCUT2D eigenvalue weighted by molar-refractivity contribution is 6.34. The number of halogens is 2. The summed E-state index contributed by atoms with van der Waals surface area (Å²) in [6, 6.07) is 4.67. The fourth-order valence-corrected chi connectivity index (χ4v) is 1.79. The molecule has 1 fully saturated rings. The second-order valence-electron chi connectivity index (χ2n) is 3.51. The van der Waals surface area contributed by atoms with Crippen molar-refractivity contribution in [2.24, 2.45) is 0 Å². The molecule has 0 aliphatic heterocycles. The maximum absolute atomic E-state index is 10.9. The molecule has 80 valence electrons. The van der Waals surface area contributed by atoms with Gasteiger partial charge in [0.2, 0.25) is 5.60 Å². The molecule has 0 saturated heterocycles. The van der Waals surface area contributed by atoms with E-state index in [-0.39, 0.29) is 0 Å². The summed E-state index contributed by atoms with van der Waals surface area (Å²) >= 11 is 11.5. The van der Waals surface area contributed by atoms with Gasteiger partial charge < -0.3 is 9.84 Å². The minimum atomic E-state index is -1.06. The van der Waals surface area contributed by atoms with E-state index in [1.165, 1.54) is 0 Å². The summed E-state index contributed by atoms with van der Waals surface area (Å²) in [5.41, 5.74) is -1.06.